The first-order valence-electron chi connectivity index (χ1n) is 5.07. The van der Waals surface area contributed by atoms with E-state index < -0.39 is 0 Å². The van der Waals surface area contributed by atoms with Gasteiger partial charge in [0.15, 0.2) is 0 Å². The summed E-state index contributed by atoms with van der Waals surface area (Å²) in [5, 5.41) is 8.93. The Balaban J connectivity index is 3.37. The van der Waals surface area contributed by atoms with E-state index in [1.807, 2.05) is 33.8 Å². The van der Waals surface area contributed by atoms with Gasteiger partial charge in [-0.1, -0.05) is 27.7 Å². The van der Waals surface area contributed by atoms with Gasteiger partial charge in [-0.25, -0.2) is 9.37 Å². The van der Waals surface area contributed by atoms with Gasteiger partial charge in [-0.05, 0) is 23.5 Å². The Bertz CT molecular complexity index is 403. The number of hydrogen-bond donors (Lipinski definition) is 0. The van der Waals surface area contributed by atoms with Crippen molar-refractivity contribution in [2.24, 2.45) is 0 Å². The lowest BCUT2D eigenvalue weighted by Crippen LogP contribution is -2.05. The fourth-order valence-corrected chi connectivity index (χ4v) is 1.45. The summed E-state index contributed by atoms with van der Waals surface area (Å²) in [5.41, 5.74) is 1.39. The molecule has 1 heterocycles. The van der Waals surface area contributed by atoms with E-state index in [1.165, 1.54) is 6.07 Å². The highest BCUT2D eigenvalue weighted by atomic mass is 19.1. The van der Waals surface area contributed by atoms with Crippen LogP contribution in [-0.2, 0) is 0 Å². The third-order valence-corrected chi connectivity index (χ3v) is 2.31. The van der Waals surface area contributed by atoms with E-state index in [0.717, 1.165) is 0 Å². The van der Waals surface area contributed by atoms with Gasteiger partial charge >= 0.3 is 0 Å². The van der Waals surface area contributed by atoms with Crippen LogP contribution in [0.1, 0.15) is 56.5 Å². The molecule has 0 saturated heterocycles. The molecule has 0 aliphatic heterocycles. The second kappa shape index (κ2) is 4.39. The molecular formula is C12H15FN2. The molecule has 0 aliphatic rings. The molecular weight excluding hydrogens is 191 g/mol. The summed E-state index contributed by atoms with van der Waals surface area (Å²) in [4.78, 5) is 4.08. The molecule has 0 bridgehead atoms. The molecule has 1 aromatic heterocycles. The van der Waals surface area contributed by atoms with Gasteiger partial charge < -0.3 is 0 Å². The molecule has 0 radical (unpaired) electrons. The highest BCUT2D eigenvalue weighted by molar-refractivity contribution is 5.36. The predicted octanol–water partition coefficient (Wildman–Crippen LogP) is 3.34. The Labute approximate surface area is 89.8 Å². The Morgan fingerprint density at radius 1 is 1.27 bits per heavy atom. The lowest BCUT2D eigenvalue weighted by Gasteiger charge is -2.12. The summed E-state index contributed by atoms with van der Waals surface area (Å²) < 4.78 is 13.6. The standard InChI is InChI=1S/C12H15FN2/c1-7(2)9-5-10(13)12(8(3)4)15-11(9)6-14/h5,7-8H,1-4H3. The molecule has 2 nitrogen and oxygen atoms in total. The summed E-state index contributed by atoms with van der Waals surface area (Å²) in [6.45, 7) is 7.57. The van der Waals surface area contributed by atoms with E-state index in [4.69, 9.17) is 5.26 Å². The zero-order chi connectivity index (χ0) is 11.6. The molecule has 1 rings (SSSR count). The molecule has 15 heavy (non-hydrogen) atoms. The van der Waals surface area contributed by atoms with Gasteiger partial charge in [-0.3, -0.25) is 0 Å². The molecule has 1 aromatic rings. The molecule has 0 amide bonds. The highest BCUT2D eigenvalue weighted by Crippen LogP contribution is 2.23. The molecule has 0 saturated carbocycles. The van der Waals surface area contributed by atoms with E-state index in [1.54, 1.807) is 0 Å². The minimum Gasteiger partial charge on any atom is -0.239 e. The third-order valence-electron chi connectivity index (χ3n) is 2.31. The summed E-state index contributed by atoms with van der Waals surface area (Å²) in [7, 11) is 0. The number of nitrogens with zero attached hydrogens (tertiary/aromatic N) is 2. The number of rotatable bonds is 2. The average Bonchev–Trinajstić information content (AvgIpc) is 2.16. The molecule has 80 valence electrons. The van der Waals surface area contributed by atoms with E-state index in [0.29, 0.717) is 17.0 Å². The molecule has 0 unspecified atom stereocenters. The van der Waals surface area contributed by atoms with Crippen LogP contribution in [0.25, 0.3) is 0 Å². The number of hydrogen-bond acceptors (Lipinski definition) is 2. The molecule has 0 aromatic carbocycles. The molecule has 0 atom stereocenters. The van der Waals surface area contributed by atoms with Gasteiger partial charge in [0.05, 0.1) is 5.69 Å². The first-order chi connectivity index (χ1) is 6.97. The van der Waals surface area contributed by atoms with Gasteiger partial charge in [0, 0.05) is 0 Å². The number of pyridine rings is 1. The van der Waals surface area contributed by atoms with E-state index >= 15 is 0 Å². The van der Waals surface area contributed by atoms with Crippen molar-refractivity contribution in [1.29, 1.82) is 5.26 Å². The third kappa shape index (κ3) is 2.33. The fourth-order valence-electron chi connectivity index (χ4n) is 1.45. The average molecular weight is 206 g/mol. The number of nitriles is 1. The van der Waals surface area contributed by atoms with E-state index in [-0.39, 0.29) is 17.7 Å². The zero-order valence-corrected chi connectivity index (χ0v) is 9.50. The smallest absolute Gasteiger partial charge is 0.145 e. The Morgan fingerprint density at radius 2 is 1.87 bits per heavy atom. The quantitative estimate of drug-likeness (QED) is 0.744. The monoisotopic (exact) mass is 206 g/mol. The Hall–Kier alpha value is -1.43. The molecule has 0 N–H and O–H groups in total. The summed E-state index contributed by atoms with van der Waals surface area (Å²) >= 11 is 0. The van der Waals surface area contributed by atoms with Crippen LogP contribution in [-0.4, -0.2) is 4.98 Å². The van der Waals surface area contributed by atoms with Gasteiger partial charge in [0.2, 0.25) is 0 Å². The van der Waals surface area contributed by atoms with Crippen LogP contribution in [0.5, 0.6) is 0 Å². The number of halogens is 1. The van der Waals surface area contributed by atoms with Crippen LogP contribution in [0, 0.1) is 17.1 Å². The predicted molar refractivity (Wildman–Crippen MR) is 57.1 cm³/mol. The van der Waals surface area contributed by atoms with Crippen LogP contribution >= 0.6 is 0 Å². The van der Waals surface area contributed by atoms with Crippen molar-refractivity contribution in [3.8, 4) is 6.07 Å². The van der Waals surface area contributed by atoms with Crippen molar-refractivity contribution in [2.75, 3.05) is 0 Å². The Morgan fingerprint density at radius 3 is 2.27 bits per heavy atom. The lowest BCUT2D eigenvalue weighted by molar-refractivity contribution is 0.578. The highest BCUT2D eigenvalue weighted by Gasteiger charge is 2.15. The van der Waals surface area contributed by atoms with Crippen molar-refractivity contribution < 1.29 is 4.39 Å². The van der Waals surface area contributed by atoms with Crippen LogP contribution in [0.4, 0.5) is 4.39 Å². The van der Waals surface area contributed by atoms with Gasteiger partial charge in [-0.2, -0.15) is 5.26 Å². The van der Waals surface area contributed by atoms with Crippen LogP contribution in [0.15, 0.2) is 6.07 Å². The van der Waals surface area contributed by atoms with Crippen molar-refractivity contribution in [1.82, 2.24) is 4.98 Å². The summed E-state index contributed by atoms with van der Waals surface area (Å²) in [6, 6.07) is 3.46. The molecule has 0 spiro atoms. The first-order valence-corrected chi connectivity index (χ1v) is 5.07. The maximum atomic E-state index is 13.6. The zero-order valence-electron chi connectivity index (χ0n) is 9.50. The topological polar surface area (TPSA) is 36.7 Å². The second-order valence-electron chi connectivity index (χ2n) is 4.21. The maximum Gasteiger partial charge on any atom is 0.145 e. The molecule has 3 heteroatoms. The van der Waals surface area contributed by atoms with Crippen LogP contribution < -0.4 is 0 Å². The van der Waals surface area contributed by atoms with Crippen molar-refractivity contribution >= 4 is 0 Å². The van der Waals surface area contributed by atoms with Crippen molar-refractivity contribution in [3.63, 3.8) is 0 Å². The minimum atomic E-state index is -0.312. The normalized spacial score (nSPS) is 10.8. The summed E-state index contributed by atoms with van der Waals surface area (Å²) in [5.74, 6) is -0.200. The van der Waals surface area contributed by atoms with E-state index in [9.17, 15) is 4.39 Å². The number of aromatic nitrogens is 1. The molecule has 0 aliphatic carbocycles. The van der Waals surface area contributed by atoms with Gasteiger partial charge in [0.25, 0.3) is 0 Å². The van der Waals surface area contributed by atoms with Crippen molar-refractivity contribution in [2.45, 2.75) is 39.5 Å². The fraction of sp³-hybridized carbons (Fsp3) is 0.500. The summed E-state index contributed by atoms with van der Waals surface area (Å²) in [6.07, 6.45) is 0. The lowest BCUT2D eigenvalue weighted by atomic mass is 9.99. The van der Waals surface area contributed by atoms with Gasteiger partial charge in [0.1, 0.15) is 17.6 Å². The molecule has 0 fully saturated rings. The largest absolute Gasteiger partial charge is 0.239 e. The van der Waals surface area contributed by atoms with Crippen LogP contribution in [0.3, 0.4) is 0 Å². The minimum absolute atomic E-state index is 0.00156. The Kier molecular flexibility index (Phi) is 3.41. The van der Waals surface area contributed by atoms with Crippen molar-refractivity contribution in [3.05, 3.63) is 28.8 Å². The second-order valence-corrected chi connectivity index (χ2v) is 4.21. The van der Waals surface area contributed by atoms with Gasteiger partial charge in [-0.15, -0.1) is 0 Å². The van der Waals surface area contributed by atoms with E-state index in [2.05, 4.69) is 4.98 Å². The SMILES string of the molecule is CC(C)c1cc(F)c(C(C)C)nc1C#N. The van der Waals surface area contributed by atoms with Crippen LogP contribution in [0.2, 0.25) is 0 Å². The maximum absolute atomic E-state index is 13.6. The first kappa shape index (κ1) is 11.6.